The van der Waals surface area contributed by atoms with Gasteiger partial charge in [-0.2, -0.15) is 10.2 Å². The molecule has 0 unspecified atom stereocenters. The molecule has 0 atom stereocenters. The van der Waals surface area contributed by atoms with Gasteiger partial charge in [-0.3, -0.25) is 9.59 Å². The van der Waals surface area contributed by atoms with E-state index in [1.54, 1.807) is 6.92 Å². The normalized spacial score (nSPS) is 11.2. The van der Waals surface area contributed by atoms with Gasteiger partial charge >= 0.3 is 0 Å². The van der Waals surface area contributed by atoms with Gasteiger partial charge in [0.2, 0.25) is 0 Å². The van der Waals surface area contributed by atoms with Crippen molar-refractivity contribution in [1.29, 1.82) is 0 Å². The number of nitrogens with zero attached hydrogens (tertiary/aromatic N) is 2. The summed E-state index contributed by atoms with van der Waals surface area (Å²) in [6, 6.07) is 10.1. The minimum atomic E-state index is -0.490. The van der Waals surface area contributed by atoms with E-state index in [1.807, 2.05) is 24.3 Å². The largest absolute Gasteiger partial charge is 0.291 e. The first-order valence-corrected chi connectivity index (χ1v) is 6.52. The van der Waals surface area contributed by atoms with Gasteiger partial charge < -0.3 is 0 Å². The Bertz CT molecular complexity index is 704. The van der Waals surface area contributed by atoms with E-state index in [4.69, 9.17) is 0 Å². The van der Waals surface area contributed by atoms with E-state index in [0.717, 1.165) is 10.0 Å². The quantitative estimate of drug-likeness (QED) is 0.661. The Labute approximate surface area is 123 Å². The van der Waals surface area contributed by atoms with Gasteiger partial charge in [-0.15, -0.1) is 0 Å². The molecule has 1 aromatic heterocycles. The Balaban J connectivity index is 2.10. The van der Waals surface area contributed by atoms with Crippen LogP contribution in [0.25, 0.3) is 0 Å². The maximum absolute atomic E-state index is 11.7. The lowest BCUT2D eigenvalue weighted by atomic mass is 10.1. The fourth-order valence-electron chi connectivity index (χ4n) is 1.44. The van der Waals surface area contributed by atoms with Gasteiger partial charge in [0.1, 0.15) is 0 Å². The molecule has 0 saturated carbocycles. The Kier molecular flexibility index (Phi) is 4.41. The number of hydrogen-bond acceptors (Lipinski definition) is 4. The second-order valence-corrected chi connectivity index (χ2v) is 4.87. The topological polar surface area (TPSA) is 87.2 Å². The first-order chi connectivity index (χ1) is 9.56. The van der Waals surface area contributed by atoms with E-state index >= 15 is 0 Å². The third-order valence-electron chi connectivity index (χ3n) is 2.48. The number of nitrogens with one attached hydrogen (secondary N) is 2. The molecule has 6 nitrogen and oxygen atoms in total. The fraction of sp³-hybridized carbons (Fsp3) is 0.0769. The lowest BCUT2D eigenvalue weighted by molar-refractivity contribution is 0.0948. The molecule has 2 N–H and O–H groups in total. The summed E-state index contributed by atoms with van der Waals surface area (Å²) in [4.78, 5) is 22.6. The molecule has 0 radical (unpaired) electrons. The molecule has 2 aromatic rings. The number of carbonyl (C=O) groups excluding carboxylic acids is 1. The van der Waals surface area contributed by atoms with Crippen LogP contribution < -0.4 is 11.0 Å². The molecular weight excluding hydrogens is 324 g/mol. The van der Waals surface area contributed by atoms with E-state index in [0.29, 0.717) is 5.71 Å². The number of amides is 1. The van der Waals surface area contributed by atoms with Gasteiger partial charge in [0.25, 0.3) is 11.5 Å². The number of hydrazone groups is 1. The molecule has 7 heteroatoms. The van der Waals surface area contributed by atoms with Gasteiger partial charge in [-0.1, -0.05) is 28.1 Å². The molecule has 0 aliphatic heterocycles. The summed E-state index contributed by atoms with van der Waals surface area (Å²) in [7, 11) is 0. The van der Waals surface area contributed by atoms with Gasteiger partial charge in [0, 0.05) is 10.5 Å². The summed E-state index contributed by atoms with van der Waals surface area (Å²) >= 11 is 3.37. The van der Waals surface area contributed by atoms with Crippen molar-refractivity contribution in [2.24, 2.45) is 5.10 Å². The number of H-pyrrole nitrogens is 1. The molecule has 0 fully saturated rings. The molecule has 1 heterocycles. The first-order valence-electron chi connectivity index (χ1n) is 5.72. The van der Waals surface area contributed by atoms with E-state index in [9.17, 15) is 9.59 Å². The summed E-state index contributed by atoms with van der Waals surface area (Å²) in [6.45, 7) is 1.78. The number of hydrogen-bond donors (Lipinski definition) is 2. The smallest absolute Gasteiger partial charge is 0.268 e. The molecule has 0 saturated heterocycles. The first kappa shape index (κ1) is 14.1. The second-order valence-electron chi connectivity index (χ2n) is 3.95. The predicted octanol–water partition coefficient (Wildman–Crippen LogP) is 1.69. The maximum Gasteiger partial charge on any atom is 0.291 e. The molecule has 20 heavy (non-hydrogen) atoms. The zero-order valence-corrected chi connectivity index (χ0v) is 12.1. The molecule has 2 rings (SSSR count). The van der Waals surface area contributed by atoms with Crippen LogP contribution in [0.3, 0.4) is 0 Å². The number of aromatic amines is 1. The zero-order valence-electron chi connectivity index (χ0n) is 10.6. The summed E-state index contributed by atoms with van der Waals surface area (Å²) < 4.78 is 0.929. The Morgan fingerprint density at radius 2 is 2.15 bits per heavy atom. The van der Waals surface area contributed by atoms with Crippen molar-refractivity contribution in [3.8, 4) is 0 Å². The average molecular weight is 335 g/mol. The minimum Gasteiger partial charge on any atom is -0.268 e. The van der Waals surface area contributed by atoms with Crippen LogP contribution in [0, 0.1) is 0 Å². The minimum absolute atomic E-state index is 0.0930. The Hall–Kier alpha value is -2.28. The highest BCUT2D eigenvalue weighted by atomic mass is 79.9. The zero-order chi connectivity index (χ0) is 14.5. The summed E-state index contributed by atoms with van der Waals surface area (Å²) in [5, 5.41) is 9.80. The summed E-state index contributed by atoms with van der Waals surface area (Å²) in [5.41, 5.74) is 3.65. The van der Waals surface area contributed by atoms with Crippen LogP contribution in [-0.4, -0.2) is 21.8 Å². The highest BCUT2D eigenvalue weighted by molar-refractivity contribution is 9.10. The van der Waals surface area contributed by atoms with Crippen LogP contribution in [0.4, 0.5) is 0 Å². The van der Waals surface area contributed by atoms with Crippen molar-refractivity contribution in [3.63, 3.8) is 0 Å². The van der Waals surface area contributed by atoms with Gasteiger partial charge in [0.15, 0.2) is 5.69 Å². The molecular formula is C13H11BrN4O2. The highest BCUT2D eigenvalue weighted by Gasteiger charge is 2.06. The van der Waals surface area contributed by atoms with E-state index in [2.05, 4.69) is 36.7 Å². The monoisotopic (exact) mass is 334 g/mol. The molecule has 1 aromatic carbocycles. The van der Waals surface area contributed by atoms with E-state index < -0.39 is 5.91 Å². The van der Waals surface area contributed by atoms with Crippen LogP contribution in [0.2, 0.25) is 0 Å². The molecule has 0 aliphatic carbocycles. The third kappa shape index (κ3) is 3.61. The number of halogens is 1. The molecule has 0 spiro atoms. The highest BCUT2D eigenvalue weighted by Crippen LogP contribution is 2.12. The molecule has 0 aliphatic rings. The van der Waals surface area contributed by atoms with Crippen molar-refractivity contribution < 1.29 is 4.79 Å². The average Bonchev–Trinajstić information content (AvgIpc) is 2.45. The molecule has 1 amide bonds. The van der Waals surface area contributed by atoms with Gasteiger partial charge in [-0.05, 0) is 30.7 Å². The molecule has 102 valence electrons. The lowest BCUT2D eigenvalue weighted by Crippen LogP contribution is -2.22. The predicted molar refractivity (Wildman–Crippen MR) is 78.7 cm³/mol. The number of aromatic nitrogens is 2. The Morgan fingerprint density at radius 1 is 1.35 bits per heavy atom. The number of rotatable bonds is 3. The number of benzene rings is 1. The van der Waals surface area contributed by atoms with Crippen LogP contribution in [0.1, 0.15) is 23.0 Å². The third-order valence-corrected chi connectivity index (χ3v) is 2.97. The summed E-state index contributed by atoms with van der Waals surface area (Å²) in [6.07, 6.45) is 0. The van der Waals surface area contributed by atoms with Crippen LogP contribution >= 0.6 is 15.9 Å². The van der Waals surface area contributed by atoms with E-state index in [1.165, 1.54) is 12.1 Å². The van der Waals surface area contributed by atoms with Gasteiger partial charge in [0.05, 0.1) is 5.71 Å². The van der Waals surface area contributed by atoms with Crippen molar-refractivity contribution in [3.05, 3.63) is 62.5 Å². The van der Waals surface area contributed by atoms with E-state index in [-0.39, 0.29) is 11.3 Å². The van der Waals surface area contributed by atoms with Crippen LogP contribution in [-0.2, 0) is 0 Å². The number of carbonyl (C=O) groups is 1. The summed E-state index contributed by atoms with van der Waals surface area (Å²) in [5.74, 6) is -0.490. The van der Waals surface area contributed by atoms with Crippen molar-refractivity contribution in [2.75, 3.05) is 0 Å². The van der Waals surface area contributed by atoms with Gasteiger partial charge in [-0.25, -0.2) is 10.5 Å². The van der Waals surface area contributed by atoms with Crippen LogP contribution in [0.5, 0.6) is 0 Å². The molecule has 0 bridgehead atoms. The van der Waals surface area contributed by atoms with Crippen molar-refractivity contribution in [2.45, 2.75) is 6.92 Å². The van der Waals surface area contributed by atoms with Crippen LogP contribution in [0.15, 0.2) is 50.8 Å². The maximum atomic E-state index is 11.7. The van der Waals surface area contributed by atoms with Crippen molar-refractivity contribution >= 4 is 27.5 Å². The fourth-order valence-corrected chi connectivity index (χ4v) is 1.84. The Morgan fingerprint density at radius 3 is 2.80 bits per heavy atom. The second kappa shape index (κ2) is 6.25. The SMILES string of the molecule is C/C(=N\NC(=O)c1ccc(=O)[nH]n1)c1cccc(Br)c1. The standard InChI is InChI=1S/C13H11BrN4O2/c1-8(9-3-2-4-10(14)7-9)15-18-13(20)11-5-6-12(19)17-16-11/h2-7H,1H3,(H,17,19)(H,18,20)/b15-8+. The lowest BCUT2D eigenvalue weighted by Gasteiger charge is -2.02. The van der Waals surface area contributed by atoms with Crippen molar-refractivity contribution in [1.82, 2.24) is 15.6 Å².